The number of hydrogen-bond acceptors (Lipinski definition) is 5. The smallest absolute Gasteiger partial charge is 0.269 e. The van der Waals surface area contributed by atoms with Gasteiger partial charge in [-0.2, -0.15) is 0 Å². The van der Waals surface area contributed by atoms with E-state index in [1.165, 1.54) is 25.3 Å². The van der Waals surface area contributed by atoms with Crippen molar-refractivity contribution in [3.05, 3.63) is 59.9 Å². The Bertz CT molecular complexity index is 815. The van der Waals surface area contributed by atoms with Crippen LogP contribution in [0.4, 0.5) is 10.1 Å². The zero-order valence-electron chi connectivity index (χ0n) is 14.5. The van der Waals surface area contributed by atoms with Crippen molar-refractivity contribution in [2.24, 2.45) is 0 Å². The molecule has 0 aliphatic heterocycles. The highest BCUT2D eigenvalue weighted by Gasteiger charge is 2.10. The van der Waals surface area contributed by atoms with Gasteiger partial charge in [0, 0.05) is 5.56 Å². The molecule has 0 aromatic heterocycles. The summed E-state index contributed by atoms with van der Waals surface area (Å²) in [5.74, 6) is -1.38. The highest BCUT2D eigenvalue weighted by Crippen LogP contribution is 2.13. The van der Waals surface area contributed by atoms with Gasteiger partial charge in [0.1, 0.15) is 11.6 Å². The molecule has 0 radical (unpaired) electrons. The molecule has 0 unspecified atom stereocenters. The number of amides is 3. The summed E-state index contributed by atoms with van der Waals surface area (Å²) in [6.45, 7) is 0. The second-order valence-corrected chi connectivity index (χ2v) is 6.24. The van der Waals surface area contributed by atoms with Crippen LogP contribution in [0.1, 0.15) is 10.4 Å². The molecule has 0 fully saturated rings. The number of rotatable bonds is 7. The van der Waals surface area contributed by atoms with Crippen LogP contribution in [-0.4, -0.2) is 36.3 Å². The number of para-hydroxylation sites is 1. The lowest BCUT2D eigenvalue weighted by Gasteiger charge is -2.08. The molecular weight excluding hydrogens is 373 g/mol. The van der Waals surface area contributed by atoms with Crippen LogP contribution in [0.25, 0.3) is 0 Å². The number of nitrogens with one attached hydrogen (secondary N) is 3. The molecule has 2 aromatic carbocycles. The molecule has 0 saturated heterocycles. The summed E-state index contributed by atoms with van der Waals surface area (Å²) in [7, 11) is 1.52. The first-order chi connectivity index (χ1) is 13.0. The molecule has 2 rings (SSSR count). The number of carbonyl (C=O) groups is 3. The van der Waals surface area contributed by atoms with Crippen molar-refractivity contribution in [1.82, 2.24) is 10.9 Å². The molecule has 0 bridgehead atoms. The van der Waals surface area contributed by atoms with Crippen molar-refractivity contribution < 1.29 is 23.5 Å². The number of ether oxygens (including phenoxy) is 1. The highest BCUT2D eigenvalue weighted by atomic mass is 32.2. The first-order valence-electron chi connectivity index (χ1n) is 7.85. The fourth-order valence-corrected chi connectivity index (χ4v) is 2.58. The third kappa shape index (κ3) is 6.63. The standard InChI is InChI=1S/C18H18FN3O4S/c1-26-13-8-6-12(7-9-13)18(25)22-21-17(24)11-27-10-16(23)20-15-5-3-2-4-14(15)19/h2-9H,10-11H2,1H3,(H,20,23)(H,21,24)(H,22,25). The van der Waals surface area contributed by atoms with Gasteiger partial charge in [-0.1, -0.05) is 12.1 Å². The van der Waals surface area contributed by atoms with Gasteiger partial charge in [-0.15, -0.1) is 11.8 Å². The number of carbonyl (C=O) groups excluding carboxylic acids is 3. The molecule has 0 aliphatic rings. The number of methoxy groups -OCH3 is 1. The molecule has 0 saturated carbocycles. The molecule has 0 atom stereocenters. The Kier molecular flexibility index (Phi) is 7.63. The highest BCUT2D eigenvalue weighted by molar-refractivity contribution is 8.00. The lowest BCUT2D eigenvalue weighted by Crippen LogP contribution is -2.42. The molecule has 0 heterocycles. The van der Waals surface area contributed by atoms with Crippen molar-refractivity contribution in [1.29, 1.82) is 0 Å². The van der Waals surface area contributed by atoms with Crippen molar-refractivity contribution in [2.45, 2.75) is 0 Å². The van der Waals surface area contributed by atoms with Gasteiger partial charge < -0.3 is 10.1 Å². The van der Waals surface area contributed by atoms with Crippen molar-refractivity contribution in [2.75, 3.05) is 23.9 Å². The lowest BCUT2D eigenvalue weighted by atomic mass is 10.2. The van der Waals surface area contributed by atoms with E-state index in [-0.39, 0.29) is 17.2 Å². The van der Waals surface area contributed by atoms with E-state index in [2.05, 4.69) is 16.2 Å². The van der Waals surface area contributed by atoms with Crippen LogP contribution in [0.3, 0.4) is 0 Å². The molecule has 27 heavy (non-hydrogen) atoms. The summed E-state index contributed by atoms with van der Waals surface area (Å²) >= 11 is 1.03. The van der Waals surface area contributed by atoms with Gasteiger partial charge in [-0.05, 0) is 36.4 Å². The SMILES string of the molecule is COc1ccc(C(=O)NNC(=O)CSCC(=O)Nc2ccccc2F)cc1. The summed E-state index contributed by atoms with van der Waals surface area (Å²) in [5.41, 5.74) is 4.98. The van der Waals surface area contributed by atoms with E-state index in [0.717, 1.165) is 11.8 Å². The average molecular weight is 391 g/mol. The van der Waals surface area contributed by atoms with E-state index >= 15 is 0 Å². The zero-order valence-corrected chi connectivity index (χ0v) is 15.3. The van der Waals surface area contributed by atoms with Gasteiger partial charge in [-0.3, -0.25) is 25.2 Å². The second kappa shape index (κ2) is 10.2. The Hall–Kier alpha value is -3.07. The van der Waals surface area contributed by atoms with Gasteiger partial charge in [0.25, 0.3) is 5.91 Å². The van der Waals surface area contributed by atoms with Crippen LogP contribution < -0.4 is 20.9 Å². The van der Waals surface area contributed by atoms with Crippen LogP contribution in [0, 0.1) is 5.82 Å². The van der Waals surface area contributed by atoms with Gasteiger partial charge in [0.15, 0.2) is 0 Å². The van der Waals surface area contributed by atoms with Crippen LogP contribution >= 0.6 is 11.8 Å². The topological polar surface area (TPSA) is 96.5 Å². The Balaban J connectivity index is 1.67. The predicted octanol–water partition coefficient (Wildman–Crippen LogP) is 1.97. The lowest BCUT2D eigenvalue weighted by molar-refractivity contribution is -0.119. The summed E-state index contributed by atoms with van der Waals surface area (Å²) < 4.78 is 18.4. The number of anilines is 1. The molecular formula is C18H18FN3O4S. The van der Waals surface area contributed by atoms with Crippen LogP contribution in [0.2, 0.25) is 0 Å². The summed E-state index contributed by atoms with van der Waals surface area (Å²) in [6, 6.07) is 12.2. The number of hydrazine groups is 1. The maximum absolute atomic E-state index is 13.4. The van der Waals surface area contributed by atoms with Crippen LogP contribution in [0.5, 0.6) is 5.75 Å². The maximum Gasteiger partial charge on any atom is 0.269 e. The van der Waals surface area contributed by atoms with Gasteiger partial charge in [0.05, 0.1) is 24.3 Å². The van der Waals surface area contributed by atoms with Crippen molar-refractivity contribution >= 4 is 35.2 Å². The summed E-state index contributed by atoms with van der Waals surface area (Å²) in [5, 5.41) is 2.42. The molecule has 142 valence electrons. The van der Waals surface area contributed by atoms with E-state index in [4.69, 9.17) is 4.74 Å². The summed E-state index contributed by atoms with van der Waals surface area (Å²) in [4.78, 5) is 35.3. The largest absolute Gasteiger partial charge is 0.497 e. The average Bonchev–Trinajstić information content (AvgIpc) is 2.68. The molecule has 0 spiro atoms. The summed E-state index contributed by atoms with van der Waals surface area (Å²) in [6.07, 6.45) is 0. The fraction of sp³-hybridized carbons (Fsp3) is 0.167. The number of thioether (sulfide) groups is 1. The van der Waals surface area contributed by atoms with Gasteiger partial charge >= 0.3 is 0 Å². The molecule has 0 aliphatic carbocycles. The van der Waals surface area contributed by atoms with Gasteiger partial charge in [0.2, 0.25) is 11.8 Å². The molecule has 9 heteroatoms. The quantitative estimate of drug-likeness (QED) is 0.627. The zero-order chi connectivity index (χ0) is 19.6. The first kappa shape index (κ1) is 20.2. The minimum absolute atomic E-state index is 0.0336. The fourth-order valence-electron chi connectivity index (χ4n) is 1.96. The Morgan fingerprint density at radius 2 is 1.63 bits per heavy atom. The van der Waals surface area contributed by atoms with Crippen LogP contribution in [0.15, 0.2) is 48.5 Å². The molecule has 3 amide bonds. The number of halogens is 1. The van der Waals surface area contributed by atoms with E-state index in [1.54, 1.807) is 30.3 Å². The van der Waals surface area contributed by atoms with Crippen LogP contribution in [-0.2, 0) is 9.59 Å². The Labute approximate surface area is 159 Å². The predicted molar refractivity (Wildman–Crippen MR) is 101 cm³/mol. The maximum atomic E-state index is 13.4. The second-order valence-electron chi connectivity index (χ2n) is 5.25. The third-order valence-electron chi connectivity index (χ3n) is 3.28. The van der Waals surface area contributed by atoms with E-state index < -0.39 is 23.5 Å². The van der Waals surface area contributed by atoms with Gasteiger partial charge in [-0.25, -0.2) is 4.39 Å². The van der Waals surface area contributed by atoms with Crippen molar-refractivity contribution in [3.8, 4) is 5.75 Å². The third-order valence-corrected chi connectivity index (χ3v) is 4.21. The number of benzene rings is 2. The minimum atomic E-state index is -0.533. The Morgan fingerprint density at radius 3 is 2.30 bits per heavy atom. The molecule has 7 nitrogen and oxygen atoms in total. The minimum Gasteiger partial charge on any atom is -0.497 e. The van der Waals surface area contributed by atoms with Crippen molar-refractivity contribution in [3.63, 3.8) is 0 Å². The van der Waals surface area contributed by atoms with E-state index in [0.29, 0.717) is 11.3 Å². The van der Waals surface area contributed by atoms with E-state index in [9.17, 15) is 18.8 Å². The molecule has 3 N–H and O–H groups in total. The molecule has 2 aromatic rings. The Morgan fingerprint density at radius 1 is 0.963 bits per heavy atom. The first-order valence-corrected chi connectivity index (χ1v) is 9.00. The van der Waals surface area contributed by atoms with E-state index in [1.807, 2.05) is 0 Å². The number of hydrogen-bond donors (Lipinski definition) is 3. The normalized spacial score (nSPS) is 10.0. The monoisotopic (exact) mass is 391 g/mol.